The summed E-state index contributed by atoms with van der Waals surface area (Å²) >= 11 is 0. The number of fused-ring (bicyclic) bond motifs is 3. The van der Waals surface area contributed by atoms with E-state index in [1.54, 1.807) is 39.0 Å². The van der Waals surface area contributed by atoms with Crippen molar-refractivity contribution in [2.45, 2.75) is 107 Å². The molecule has 1 saturated heterocycles. The van der Waals surface area contributed by atoms with Crippen molar-refractivity contribution >= 4 is 39.8 Å². The highest BCUT2D eigenvalue weighted by molar-refractivity contribution is 7.91. The molecule has 0 unspecified atom stereocenters. The molecule has 51 heavy (non-hydrogen) atoms. The molecule has 1 aromatic carbocycles. The second kappa shape index (κ2) is 14.2. The van der Waals surface area contributed by atoms with E-state index in [1.807, 2.05) is 6.08 Å². The van der Waals surface area contributed by atoms with Gasteiger partial charge in [-0.3, -0.25) is 28.8 Å². The molecule has 2 saturated carbocycles. The Morgan fingerprint density at radius 1 is 1.16 bits per heavy atom. The Balaban J connectivity index is 1.25. The van der Waals surface area contributed by atoms with Crippen LogP contribution in [0.2, 0.25) is 0 Å². The van der Waals surface area contributed by atoms with Gasteiger partial charge in [0.15, 0.2) is 0 Å². The summed E-state index contributed by atoms with van der Waals surface area (Å²) in [7, 11) is -3.93. The van der Waals surface area contributed by atoms with Crippen molar-refractivity contribution < 1.29 is 51.0 Å². The number of carbonyl (C=O) groups excluding carboxylic acids is 5. The minimum Gasteiger partial charge on any atom is -0.460 e. The van der Waals surface area contributed by atoms with Crippen LogP contribution in [0, 0.1) is 17.7 Å². The molecule has 4 amide bonds. The number of allylic oxidation sites excluding steroid dienone is 1. The Bertz CT molecular complexity index is 1720. The molecule has 14 nitrogen and oxygen atoms in total. The van der Waals surface area contributed by atoms with Crippen molar-refractivity contribution in [3.05, 3.63) is 47.3 Å². The summed E-state index contributed by atoms with van der Waals surface area (Å²) < 4.78 is 59.1. The number of benzene rings is 1. The highest BCUT2D eigenvalue weighted by atomic mass is 32.2. The summed E-state index contributed by atoms with van der Waals surface area (Å²) in [5.41, 5.74) is -1.36. The Labute approximate surface area is 296 Å². The zero-order valence-corrected chi connectivity index (χ0v) is 29.8. The number of hydrogen-bond donors (Lipinski definition) is 2. The van der Waals surface area contributed by atoms with Crippen molar-refractivity contribution in [3.63, 3.8) is 0 Å². The second-order valence-corrected chi connectivity index (χ2v) is 17.0. The lowest BCUT2D eigenvalue weighted by atomic mass is 10.0. The van der Waals surface area contributed by atoms with E-state index in [2.05, 4.69) is 10.0 Å². The number of hydrogen-bond acceptors (Lipinski definition) is 10. The zero-order valence-electron chi connectivity index (χ0n) is 29.0. The zero-order chi connectivity index (χ0) is 36.7. The molecule has 16 heteroatoms. The molecular weight excluding hydrogens is 687 g/mol. The van der Waals surface area contributed by atoms with Gasteiger partial charge in [0, 0.05) is 31.1 Å². The Kier molecular flexibility index (Phi) is 10.2. The SMILES string of the molecule is CC(C)(C)OC(=O)C[C@H]1COCCC/C=C\[C@@H]2C[C@@]2(C(=O)NS(=O)(=O)C2CC2)NC(=O)[C@@H]2C[C@@H](OC(=O)N3Cc4cccc(F)c4C3)CN2C1=O. The molecule has 5 aliphatic rings. The van der Waals surface area contributed by atoms with Crippen LogP contribution in [0.5, 0.6) is 0 Å². The molecule has 3 fully saturated rings. The normalized spacial score (nSPS) is 29.0. The minimum absolute atomic E-state index is 0.00821. The molecule has 1 aromatic rings. The van der Waals surface area contributed by atoms with Crippen molar-refractivity contribution in [2.24, 2.45) is 11.8 Å². The fourth-order valence-corrected chi connectivity index (χ4v) is 8.26. The van der Waals surface area contributed by atoms with Crippen molar-refractivity contribution in [3.8, 4) is 0 Å². The standard InChI is InChI=1S/C35H45FN4O10S/c1-34(2,3)50-29(41)14-22-20-48-13-6-4-5-9-23-16-35(23,32(44)38-51(46,47)25-11-12-25)37-30(42)28-15-24(18-40(28)31(22)43)49-33(45)39-17-21-8-7-10-27(36)26(21)19-39/h5,7-10,22-25,28H,4,6,11-20H2,1-3H3,(H,37,42)(H,38,44)/b9-5-/t22-,23+,24+,28-,35+/m0/s1. The smallest absolute Gasteiger partial charge is 0.410 e. The molecule has 2 N–H and O–H groups in total. The van der Waals surface area contributed by atoms with Crippen LogP contribution in [0.1, 0.15) is 76.8 Å². The van der Waals surface area contributed by atoms with E-state index in [0.717, 1.165) is 0 Å². The van der Waals surface area contributed by atoms with E-state index in [-0.39, 0.29) is 52.1 Å². The number of nitrogens with one attached hydrogen (secondary N) is 2. The average Bonchev–Trinajstić information content (AvgIpc) is 3.93. The average molecular weight is 733 g/mol. The van der Waals surface area contributed by atoms with Crippen molar-refractivity contribution in [1.82, 2.24) is 19.8 Å². The number of halogens is 1. The van der Waals surface area contributed by atoms with E-state index in [0.29, 0.717) is 36.8 Å². The number of rotatable bonds is 6. The molecule has 0 bridgehead atoms. The van der Waals surface area contributed by atoms with Crippen LogP contribution in [-0.2, 0) is 56.5 Å². The summed E-state index contributed by atoms with van der Waals surface area (Å²) in [5.74, 6) is -4.82. The molecule has 278 valence electrons. The van der Waals surface area contributed by atoms with Gasteiger partial charge in [0.25, 0.3) is 5.91 Å². The molecule has 5 atom stereocenters. The van der Waals surface area contributed by atoms with E-state index < -0.39 is 86.0 Å². The fraction of sp³-hybridized carbons (Fsp3) is 0.629. The van der Waals surface area contributed by atoms with Gasteiger partial charge < -0.3 is 24.4 Å². The molecule has 2 aliphatic carbocycles. The Morgan fingerprint density at radius 3 is 2.63 bits per heavy atom. The predicted molar refractivity (Wildman–Crippen MR) is 178 cm³/mol. The van der Waals surface area contributed by atoms with Crippen LogP contribution in [-0.4, -0.2) is 96.3 Å². The van der Waals surface area contributed by atoms with Gasteiger partial charge in [0.2, 0.25) is 21.8 Å². The Hall–Kier alpha value is -4.05. The minimum atomic E-state index is -3.93. The third-order valence-electron chi connectivity index (χ3n) is 9.79. The second-order valence-electron chi connectivity index (χ2n) is 15.1. The molecule has 0 aromatic heterocycles. The van der Waals surface area contributed by atoms with Gasteiger partial charge >= 0.3 is 12.1 Å². The predicted octanol–water partition coefficient (Wildman–Crippen LogP) is 2.45. The maximum Gasteiger partial charge on any atom is 0.410 e. The number of carbonyl (C=O) groups is 5. The maximum absolute atomic E-state index is 14.4. The largest absolute Gasteiger partial charge is 0.460 e. The highest BCUT2D eigenvalue weighted by Crippen LogP contribution is 2.46. The van der Waals surface area contributed by atoms with Crippen molar-refractivity contribution in [2.75, 3.05) is 19.8 Å². The lowest BCUT2D eigenvalue weighted by molar-refractivity contribution is -0.160. The number of esters is 1. The number of sulfonamides is 1. The van der Waals surface area contributed by atoms with Crippen LogP contribution in [0.3, 0.4) is 0 Å². The molecule has 3 heterocycles. The molecule has 6 rings (SSSR count). The van der Waals surface area contributed by atoms with E-state index in [4.69, 9.17) is 14.2 Å². The quantitative estimate of drug-likeness (QED) is 0.326. The third-order valence-corrected chi connectivity index (χ3v) is 11.6. The van der Waals surface area contributed by atoms with Gasteiger partial charge in [-0.15, -0.1) is 0 Å². The first-order valence-corrected chi connectivity index (χ1v) is 19.0. The maximum atomic E-state index is 14.4. The third kappa shape index (κ3) is 8.37. The summed E-state index contributed by atoms with van der Waals surface area (Å²) in [5, 5.41) is 2.11. The monoisotopic (exact) mass is 732 g/mol. The van der Waals surface area contributed by atoms with Gasteiger partial charge in [-0.25, -0.2) is 17.6 Å². The van der Waals surface area contributed by atoms with Crippen LogP contribution < -0.4 is 10.0 Å². The van der Waals surface area contributed by atoms with Gasteiger partial charge in [-0.2, -0.15) is 0 Å². The van der Waals surface area contributed by atoms with Gasteiger partial charge in [0.1, 0.15) is 29.1 Å². The number of amides is 4. The van der Waals surface area contributed by atoms with Gasteiger partial charge in [-0.05, 0) is 64.5 Å². The van der Waals surface area contributed by atoms with Gasteiger partial charge in [-0.1, -0.05) is 24.3 Å². The van der Waals surface area contributed by atoms with Crippen LogP contribution in [0.4, 0.5) is 9.18 Å². The fourth-order valence-electron chi connectivity index (χ4n) is 6.89. The summed E-state index contributed by atoms with van der Waals surface area (Å²) in [4.78, 5) is 70.8. The van der Waals surface area contributed by atoms with E-state index in [1.165, 1.54) is 15.9 Å². The van der Waals surface area contributed by atoms with Crippen LogP contribution in [0.15, 0.2) is 30.4 Å². The van der Waals surface area contributed by atoms with E-state index in [9.17, 15) is 36.8 Å². The highest BCUT2D eigenvalue weighted by Gasteiger charge is 2.62. The summed E-state index contributed by atoms with van der Waals surface area (Å²) in [6, 6.07) is 3.34. The van der Waals surface area contributed by atoms with E-state index >= 15 is 0 Å². The molecular formula is C35H45FN4O10S. The molecule has 0 radical (unpaired) electrons. The van der Waals surface area contributed by atoms with Gasteiger partial charge in [0.05, 0.1) is 37.3 Å². The first-order chi connectivity index (χ1) is 24.1. The lowest BCUT2D eigenvalue weighted by Crippen LogP contribution is -2.57. The molecule has 0 spiro atoms. The van der Waals surface area contributed by atoms with Crippen molar-refractivity contribution in [1.29, 1.82) is 0 Å². The van der Waals surface area contributed by atoms with Crippen LogP contribution >= 0.6 is 0 Å². The summed E-state index contributed by atoms with van der Waals surface area (Å²) in [6.45, 7) is 5.14. The topological polar surface area (TPSA) is 178 Å². The number of ether oxygens (including phenoxy) is 3. The first-order valence-electron chi connectivity index (χ1n) is 17.4. The lowest BCUT2D eigenvalue weighted by Gasteiger charge is -2.29. The van der Waals surface area contributed by atoms with Crippen LogP contribution in [0.25, 0.3) is 0 Å². The Morgan fingerprint density at radius 2 is 1.92 bits per heavy atom. The first kappa shape index (κ1) is 36.7. The summed E-state index contributed by atoms with van der Waals surface area (Å²) in [6.07, 6.45) is 3.55. The number of nitrogens with zero attached hydrogens (tertiary/aromatic N) is 2. The molecule has 3 aliphatic heterocycles.